The molecule has 2 aliphatic heterocycles. The van der Waals surface area contributed by atoms with Crippen molar-refractivity contribution in [3.8, 4) is 0 Å². The van der Waals surface area contributed by atoms with Crippen molar-refractivity contribution < 1.29 is 18.3 Å². The van der Waals surface area contributed by atoms with Gasteiger partial charge in [0.2, 0.25) is 0 Å². The maximum Gasteiger partial charge on any atom is 0.250 e. The Morgan fingerprint density at radius 3 is 2.61 bits per heavy atom. The normalized spacial score (nSPS) is 24.2. The van der Waals surface area contributed by atoms with E-state index in [9.17, 15) is 13.5 Å². The van der Waals surface area contributed by atoms with Gasteiger partial charge in [-0.05, 0) is 28.5 Å². The van der Waals surface area contributed by atoms with E-state index in [2.05, 4.69) is 9.62 Å². The molecule has 2 aromatic carbocycles. The lowest BCUT2D eigenvalue weighted by atomic mass is 9.86. The quantitative estimate of drug-likeness (QED) is 0.670. The maximum atomic E-state index is 12.6. The number of hydrogen-bond acceptors (Lipinski definition) is 6. The second kappa shape index (κ2) is 6.53. The average molecular weight is 417 g/mol. The third-order valence-corrected chi connectivity index (χ3v) is 8.57. The second-order valence-electron chi connectivity index (χ2n) is 7.13. The number of anilines is 1. The number of β-amino-alcohol motifs (C(OH)–C–C–N with tert-alkyl or cyclic N) is 1. The van der Waals surface area contributed by atoms with Crippen LogP contribution < -0.4 is 9.62 Å². The van der Waals surface area contributed by atoms with Crippen molar-refractivity contribution in [2.24, 2.45) is 0 Å². The predicted molar refractivity (Wildman–Crippen MR) is 109 cm³/mol. The summed E-state index contributed by atoms with van der Waals surface area (Å²) in [7, 11) is -3.63. The Morgan fingerprint density at radius 1 is 1.07 bits per heavy atom. The molecule has 1 saturated heterocycles. The van der Waals surface area contributed by atoms with E-state index in [0.29, 0.717) is 37.4 Å². The lowest BCUT2D eigenvalue weighted by molar-refractivity contribution is 0.0810. The van der Waals surface area contributed by atoms with E-state index in [1.165, 1.54) is 11.3 Å². The summed E-state index contributed by atoms with van der Waals surface area (Å²) >= 11 is 1.21. The molecule has 0 amide bonds. The molecule has 146 valence electrons. The molecule has 5 rings (SSSR count). The van der Waals surface area contributed by atoms with Crippen molar-refractivity contribution in [1.29, 1.82) is 0 Å². The van der Waals surface area contributed by atoms with Gasteiger partial charge in [0, 0.05) is 25.2 Å². The number of nitrogens with zero attached hydrogens (tertiary/aromatic N) is 1. The molecular formula is C20H20N2O4S2. The van der Waals surface area contributed by atoms with Gasteiger partial charge in [-0.3, -0.25) is 0 Å². The van der Waals surface area contributed by atoms with Crippen LogP contribution in [0.3, 0.4) is 0 Å². The summed E-state index contributed by atoms with van der Waals surface area (Å²) in [5.41, 5.74) is -0.277. The molecule has 0 aliphatic carbocycles. The van der Waals surface area contributed by atoms with Crippen LogP contribution in [0.5, 0.6) is 0 Å². The molecule has 0 radical (unpaired) electrons. The van der Waals surface area contributed by atoms with E-state index in [4.69, 9.17) is 4.74 Å². The van der Waals surface area contributed by atoms with Crippen molar-refractivity contribution in [3.63, 3.8) is 0 Å². The van der Waals surface area contributed by atoms with E-state index in [1.54, 1.807) is 0 Å². The summed E-state index contributed by atoms with van der Waals surface area (Å²) in [6.07, 6.45) is 0. The summed E-state index contributed by atoms with van der Waals surface area (Å²) < 4.78 is 33.4. The number of fused-ring (bicyclic) bond motifs is 2. The minimum Gasteiger partial charge on any atom is -0.379 e. The van der Waals surface area contributed by atoms with Crippen LogP contribution in [0, 0.1) is 0 Å². The fourth-order valence-electron chi connectivity index (χ4n) is 3.85. The first kappa shape index (κ1) is 18.1. The SMILES string of the molecule is O=S1(=O)NCC(O)(c2ccc3ccccc3c2)c2cc(N3CCOCC3)sc21. The number of aliphatic hydroxyl groups is 1. The fourth-order valence-corrected chi connectivity index (χ4v) is 6.79. The van der Waals surface area contributed by atoms with E-state index in [1.807, 2.05) is 48.5 Å². The topological polar surface area (TPSA) is 78.9 Å². The van der Waals surface area contributed by atoms with E-state index < -0.39 is 15.6 Å². The highest BCUT2D eigenvalue weighted by molar-refractivity contribution is 7.91. The Bertz CT molecular complexity index is 1150. The molecule has 1 fully saturated rings. The number of ether oxygens (including phenoxy) is 1. The molecule has 0 spiro atoms. The van der Waals surface area contributed by atoms with Gasteiger partial charge in [-0.25, -0.2) is 13.1 Å². The summed E-state index contributed by atoms with van der Waals surface area (Å²) in [5.74, 6) is 0. The van der Waals surface area contributed by atoms with E-state index in [0.717, 1.165) is 15.8 Å². The first-order valence-electron chi connectivity index (χ1n) is 9.16. The van der Waals surface area contributed by atoms with Gasteiger partial charge >= 0.3 is 0 Å². The molecule has 2 N–H and O–H groups in total. The van der Waals surface area contributed by atoms with Gasteiger partial charge in [0.1, 0.15) is 9.81 Å². The Kier molecular flexibility index (Phi) is 4.22. The number of nitrogens with one attached hydrogen (secondary N) is 1. The molecule has 0 bridgehead atoms. The van der Waals surface area contributed by atoms with Gasteiger partial charge in [0.05, 0.1) is 18.2 Å². The molecule has 6 nitrogen and oxygen atoms in total. The van der Waals surface area contributed by atoms with Crippen LogP contribution in [0.2, 0.25) is 0 Å². The molecule has 0 saturated carbocycles. The Balaban J connectivity index is 1.65. The zero-order chi connectivity index (χ0) is 19.4. The van der Waals surface area contributed by atoms with Crippen LogP contribution in [0.4, 0.5) is 5.00 Å². The highest BCUT2D eigenvalue weighted by Crippen LogP contribution is 2.45. The summed E-state index contributed by atoms with van der Waals surface area (Å²) in [4.78, 5) is 2.11. The number of hydrogen-bond donors (Lipinski definition) is 2. The number of thiophene rings is 1. The highest BCUT2D eigenvalue weighted by Gasteiger charge is 2.44. The van der Waals surface area contributed by atoms with Crippen molar-refractivity contribution in [2.45, 2.75) is 9.81 Å². The predicted octanol–water partition coefficient (Wildman–Crippen LogP) is 2.27. The van der Waals surface area contributed by atoms with E-state index >= 15 is 0 Å². The van der Waals surface area contributed by atoms with Crippen LogP contribution >= 0.6 is 11.3 Å². The molecule has 1 unspecified atom stereocenters. The van der Waals surface area contributed by atoms with Crippen LogP contribution in [0.25, 0.3) is 10.8 Å². The van der Waals surface area contributed by atoms with Crippen molar-refractivity contribution in [3.05, 3.63) is 59.7 Å². The number of sulfonamides is 1. The molecule has 3 aromatic rings. The zero-order valence-corrected chi connectivity index (χ0v) is 16.7. The van der Waals surface area contributed by atoms with Gasteiger partial charge in [-0.2, -0.15) is 0 Å². The third kappa shape index (κ3) is 2.84. The first-order valence-corrected chi connectivity index (χ1v) is 11.5. The largest absolute Gasteiger partial charge is 0.379 e. The molecular weight excluding hydrogens is 396 g/mol. The lowest BCUT2D eigenvalue weighted by Crippen LogP contribution is -2.46. The Morgan fingerprint density at radius 2 is 1.82 bits per heavy atom. The minimum atomic E-state index is -3.63. The van der Waals surface area contributed by atoms with Crippen molar-refractivity contribution >= 4 is 37.1 Å². The Labute approximate surface area is 167 Å². The molecule has 1 aromatic heterocycles. The highest BCUT2D eigenvalue weighted by atomic mass is 32.2. The smallest absolute Gasteiger partial charge is 0.250 e. The van der Waals surface area contributed by atoms with Crippen LogP contribution in [-0.2, 0) is 20.4 Å². The average Bonchev–Trinajstić information content (AvgIpc) is 3.20. The van der Waals surface area contributed by atoms with Gasteiger partial charge in [0.15, 0.2) is 0 Å². The summed E-state index contributed by atoms with van der Waals surface area (Å²) in [5, 5.41) is 14.6. The molecule has 8 heteroatoms. The first-order chi connectivity index (χ1) is 13.5. The fraction of sp³-hybridized carbons (Fsp3) is 0.300. The maximum absolute atomic E-state index is 12.6. The third-order valence-electron chi connectivity index (χ3n) is 5.44. The zero-order valence-electron chi connectivity index (χ0n) is 15.1. The van der Waals surface area contributed by atoms with E-state index in [-0.39, 0.29) is 10.8 Å². The second-order valence-corrected chi connectivity index (χ2v) is 10.1. The van der Waals surface area contributed by atoms with Crippen molar-refractivity contribution in [1.82, 2.24) is 4.72 Å². The number of morpholine rings is 1. The minimum absolute atomic E-state index is 0.0834. The van der Waals surface area contributed by atoms with Crippen molar-refractivity contribution in [2.75, 3.05) is 37.7 Å². The molecule has 3 heterocycles. The standard InChI is InChI=1S/C20H20N2O4S2/c23-20(16-6-5-14-3-1-2-4-15(14)11-16)13-21-28(24,25)19-17(20)12-18(27-19)22-7-9-26-10-8-22/h1-6,11-12,21,23H,7-10,13H2. The Hall–Kier alpha value is -1.97. The van der Waals surface area contributed by atoms with Crippen LogP contribution in [0.1, 0.15) is 11.1 Å². The summed E-state index contributed by atoms with van der Waals surface area (Å²) in [6, 6.07) is 15.5. The molecule has 2 aliphatic rings. The number of rotatable bonds is 2. The van der Waals surface area contributed by atoms with Crippen LogP contribution in [0.15, 0.2) is 52.7 Å². The van der Waals surface area contributed by atoms with Gasteiger partial charge < -0.3 is 14.7 Å². The lowest BCUT2D eigenvalue weighted by Gasteiger charge is -2.33. The monoisotopic (exact) mass is 416 g/mol. The van der Waals surface area contributed by atoms with Gasteiger partial charge in [-0.1, -0.05) is 36.4 Å². The van der Waals surface area contributed by atoms with Gasteiger partial charge in [0.25, 0.3) is 10.0 Å². The number of benzene rings is 2. The molecule has 28 heavy (non-hydrogen) atoms. The van der Waals surface area contributed by atoms with Crippen LogP contribution in [-0.4, -0.2) is 46.4 Å². The summed E-state index contributed by atoms with van der Waals surface area (Å²) in [6.45, 7) is 2.56. The molecule has 1 atom stereocenters. The van der Waals surface area contributed by atoms with Gasteiger partial charge in [-0.15, -0.1) is 11.3 Å².